The summed E-state index contributed by atoms with van der Waals surface area (Å²) in [5.41, 5.74) is 3.56. The first-order valence-corrected chi connectivity index (χ1v) is 6.14. The van der Waals surface area contributed by atoms with E-state index in [1.807, 2.05) is 13.8 Å². The van der Waals surface area contributed by atoms with Crippen LogP contribution in [-0.2, 0) is 0 Å². The molecule has 0 saturated heterocycles. The molecule has 0 aromatic heterocycles. The molecule has 17 heavy (non-hydrogen) atoms. The summed E-state index contributed by atoms with van der Waals surface area (Å²) in [5.74, 6) is 0. The predicted octanol–water partition coefficient (Wildman–Crippen LogP) is 2.93. The van der Waals surface area contributed by atoms with Crippen LogP contribution in [0.15, 0.2) is 18.2 Å². The first kappa shape index (κ1) is 14.2. The molecule has 0 amide bonds. The van der Waals surface area contributed by atoms with Crippen LogP contribution >= 0.6 is 0 Å². The molecule has 1 rings (SSSR count). The summed E-state index contributed by atoms with van der Waals surface area (Å²) in [6, 6.07) is 6.67. The van der Waals surface area contributed by atoms with Crippen molar-refractivity contribution in [1.29, 1.82) is 0 Å². The van der Waals surface area contributed by atoms with E-state index in [0.717, 1.165) is 6.42 Å². The number of aliphatic hydroxyl groups is 1. The van der Waals surface area contributed by atoms with E-state index in [9.17, 15) is 5.11 Å². The molecular formula is C15H24NO. The van der Waals surface area contributed by atoms with Gasteiger partial charge in [-0.1, -0.05) is 25.1 Å². The molecule has 0 spiro atoms. The van der Waals surface area contributed by atoms with Crippen LogP contribution in [0.5, 0.6) is 0 Å². The summed E-state index contributed by atoms with van der Waals surface area (Å²) in [7, 11) is 0. The predicted molar refractivity (Wildman–Crippen MR) is 72.9 cm³/mol. The fourth-order valence-corrected chi connectivity index (χ4v) is 1.82. The van der Waals surface area contributed by atoms with Crippen LogP contribution in [0.3, 0.4) is 0 Å². The van der Waals surface area contributed by atoms with Gasteiger partial charge in [0.2, 0.25) is 0 Å². The standard InChI is InChI=1S/C15H24NO/c1-6-14(16-15(4,5)10-17)13-8-7-11(2)12(3)9-13/h7-9,14,16-17H,1,6,10H2,2-5H3. The Morgan fingerprint density at radius 1 is 1.29 bits per heavy atom. The van der Waals surface area contributed by atoms with E-state index in [0.29, 0.717) is 0 Å². The molecule has 2 nitrogen and oxygen atoms in total. The van der Waals surface area contributed by atoms with Crippen molar-refractivity contribution in [3.05, 3.63) is 41.8 Å². The monoisotopic (exact) mass is 234 g/mol. The Balaban J connectivity index is 2.90. The van der Waals surface area contributed by atoms with Gasteiger partial charge in [-0.05, 0) is 50.8 Å². The number of nitrogens with one attached hydrogen (secondary N) is 1. The third-order valence-corrected chi connectivity index (χ3v) is 3.18. The van der Waals surface area contributed by atoms with Gasteiger partial charge in [0, 0.05) is 11.6 Å². The zero-order valence-corrected chi connectivity index (χ0v) is 11.4. The van der Waals surface area contributed by atoms with Crippen molar-refractivity contribution in [3.63, 3.8) is 0 Å². The van der Waals surface area contributed by atoms with Crippen LogP contribution in [0.2, 0.25) is 0 Å². The van der Waals surface area contributed by atoms with Gasteiger partial charge in [-0.25, -0.2) is 0 Å². The molecule has 1 atom stereocenters. The molecule has 1 unspecified atom stereocenters. The first-order valence-electron chi connectivity index (χ1n) is 6.14. The molecule has 0 bridgehead atoms. The number of benzene rings is 1. The van der Waals surface area contributed by atoms with Crippen LogP contribution in [0.4, 0.5) is 0 Å². The minimum atomic E-state index is -0.277. The van der Waals surface area contributed by atoms with Gasteiger partial charge >= 0.3 is 0 Å². The molecule has 0 fully saturated rings. The Morgan fingerprint density at radius 3 is 2.41 bits per heavy atom. The molecule has 0 heterocycles. The number of aliphatic hydroxyl groups excluding tert-OH is 1. The Bertz CT molecular complexity index is 371. The Labute approximate surface area is 105 Å². The lowest BCUT2D eigenvalue weighted by Gasteiger charge is -2.30. The van der Waals surface area contributed by atoms with Crippen molar-refractivity contribution in [1.82, 2.24) is 5.32 Å². The average molecular weight is 234 g/mol. The van der Waals surface area contributed by atoms with Crippen molar-refractivity contribution in [3.8, 4) is 0 Å². The quantitative estimate of drug-likeness (QED) is 0.821. The second-order valence-corrected chi connectivity index (χ2v) is 5.37. The SMILES string of the molecule is [CH2]CC(NC(C)(C)CO)c1ccc(C)c(C)c1. The fourth-order valence-electron chi connectivity index (χ4n) is 1.82. The lowest BCUT2D eigenvalue weighted by atomic mass is 9.96. The second kappa shape index (κ2) is 5.65. The zero-order valence-electron chi connectivity index (χ0n) is 11.4. The summed E-state index contributed by atoms with van der Waals surface area (Å²) in [6.07, 6.45) is 0.770. The van der Waals surface area contributed by atoms with E-state index in [-0.39, 0.29) is 18.2 Å². The van der Waals surface area contributed by atoms with E-state index in [1.165, 1.54) is 16.7 Å². The van der Waals surface area contributed by atoms with E-state index in [1.54, 1.807) is 0 Å². The van der Waals surface area contributed by atoms with Crippen molar-refractivity contribution < 1.29 is 5.11 Å². The molecule has 1 aromatic rings. The van der Waals surface area contributed by atoms with Crippen LogP contribution in [0.1, 0.15) is 43.0 Å². The third kappa shape index (κ3) is 3.83. The highest BCUT2D eigenvalue weighted by molar-refractivity contribution is 5.32. The average Bonchev–Trinajstić information content (AvgIpc) is 2.30. The molecule has 0 aliphatic rings. The van der Waals surface area contributed by atoms with Crippen LogP contribution < -0.4 is 5.32 Å². The maximum absolute atomic E-state index is 9.30. The summed E-state index contributed by atoms with van der Waals surface area (Å²) in [4.78, 5) is 0. The lowest BCUT2D eigenvalue weighted by Crippen LogP contribution is -2.44. The summed E-state index contributed by atoms with van der Waals surface area (Å²) in [5, 5.41) is 12.7. The maximum Gasteiger partial charge on any atom is 0.0608 e. The van der Waals surface area contributed by atoms with Crippen LogP contribution in [0.25, 0.3) is 0 Å². The minimum Gasteiger partial charge on any atom is -0.394 e. The molecule has 2 heteroatoms. The van der Waals surface area contributed by atoms with Gasteiger partial charge in [0.05, 0.1) is 6.61 Å². The molecule has 0 saturated carbocycles. The molecule has 0 aliphatic carbocycles. The molecule has 1 aromatic carbocycles. The van der Waals surface area contributed by atoms with E-state index in [2.05, 4.69) is 44.3 Å². The van der Waals surface area contributed by atoms with Crippen molar-refractivity contribution in [2.24, 2.45) is 0 Å². The van der Waals surface area contributed by atoms with Crippen LogP contribution in [0, 0.1) is 20.8 Å². The van der Waals surface area contributed by atoms with Gasteiger partial charge < -0.3 is 10.4 Å². The van der Waals surface area contributed by atoms with Crippen molar-refractivity contribution >= 4 is 0 Å². The molecule has 2 N–H and O–H groups in total. The highest BCUT2D eigenvalue weighted by Crippen LogP contribution is 2.22. The Kier molecular flexibility index (Phi) is 4.72. The number of hydrogen-bond donors (Lipinski definition) is 2. The summed E-state index contributed by atoms with van der Waals surface area (Å²) < 4.78 is 0. The number of aryl methyl sites for hydroxylation is 2. The van der Waals surface area contributed by atoms with Gasteiger partial charge in [0.25, 0.3) is 0 Å². The van der Waals surface area contributed by atoms with Crippen LogP contribution in [-0.4, -0.2) is 17.3 Å². The molecule has 1 radical (unpaired) electrons. The van der Waals surface area contributed by atoms with Crippen molar-refractivity contribution in [2.45, 2.75) is 45.7 Å². The zero-order chi connectivity index (χ0) is 13.1. The smallest absolute Gasteiger partial charge is 0.0608 e. The topological polar surface area (TPSA) is 32.3 Å². The largest absolute Gasteiger partial charge is 0.394 e. The normalized spacial score (nSPS) is 13.8. The van der Waals surface area contributed by atoms with Gasteiger partial charge in [-0.2, -0.15) is 0 Å². The van der Waals surface area contributed by atoms with Gasteiger partial charge in [-0.3, -0.25) is 0 Å². The second-order valence-electron chi connectivity index (χ2n) is 5.37. The molecule has 0 aliphatic heterocycles. The Hall–Kier alpha value is -0.860. The maximum atomic E-state index is 9.30. The Morgan fingerprint density at radius 2 is 1.94 bits per heavy atom. The lowest BCUT2D eigenvalue weighted by molar-refractivity contribution is 0.175. The summed E-state index contributed by atoms with van der Waals surface area (Å²) in [6.45, 7) is 12.3. The fraction of sp³-hybridized carbons (Fsp3) is 0.533. The minimum absolute atomic E-state index is 0.119. The van der Waals surface area contributed by atoms with E-state index >= 15 is 0 Å². The third-order valence-electron chi connectivity index (χ3n) is 3.18. The van der Waals surface area contributed by atoms with Gasteiger partial charge in [0.1, 0.15) is 0 Å². The van der Waals surface area contributed by atoms with Gasteiger partial charge in [0.15, 0.2) is 0 Å². The first-order chi connectivity index (χ1) is 7.89. The highest BCUT2D eigenvalue weighted by Gasteiger charge is 2.21. The molecular weight excluding hydrogens is 210 g/mol. The van der Waals surface area contributed by atoms with Gasteiger partial charge in [-0.15, -0.1) is 0 Å². The number of rotatable bonds is 5. The van der Waals surface area contributed by atoms with E-state index in [4.69, 9.17) is 0 Å². The van der Waals surface area contributed by atoms with Crippen molar-refractivity contribution in [2.75, 3.05) is 6.61 Å². The highest BCUT2D eigenvalue weighted by atomic mass is 16.3. The molecule has 95 valence electrons. The number of hydrogen-bond acceptors (Lipinski definition) is 2. The summed E-state index contributed by atoms with van der Waals surface area (Å²) >= 11 is 0. The van der Waals surface area contributed by atoms with E-state index < -0.39 is 0 Å².